The Balaban J connectivity index is 0.000000208. The molecule has 50 heavy (non-hydrogen) atoms. The van der Waals surface area contributed by atoms with Crippen molar-refractivity contribution in [3.05, 3.63) is 110 Å². The standard InChI is InChI=1S/C13H3F4N3.C12H15BN2O2.C7BrF4N/c14-10-8(4-19)11(15)13(17)9(12(10)16)6-1-2-7(3-18)20-5-6;1-11(2)12(3,4)17-13(16-11)9-5-6-10(7-14)15-8-9;8-3-6(11)4(9)2(1-13)5(10)7(3)12/h1-2,5H;5-6,8H,1-4H3;. The molecular weight excluding hydrogens is 743 g/mol. The fourth-order valence-electron chi connectivity index (χ4n) is 3.88. The number of aromatic nitrogens is 2. The third-order valence-corrected chi connectivity index (χ3v) is 7.99. The molecular formula is C32H18BBrF8N6O2. The lowest BCUT2D eigenvalue weighted by atomic mass is 9.80. The highest BCUT2D eigenvalue weighted by atomic mass is 79.9. The Kier molecular flexibility index (Phi) is 12.1. The number of nitriles is 4. The van der Waals surface area contributed by atoms with Crippen molar-refractivity contribution in [1.82, 2.24) is 9.97 Å². The maximum atomic E-state index is 13.7. The Morgan fingerprint density at radius 2 is 0.980 bits per heavy atom. The fourth-order valence-corrected chi connectivity index (χ4v) is 4.23. The van der Waals surface area contributed by atoms with Crippen LogP contribution < -0.4 is 5.46 Å². The molecule has 1 aliphatic rings. The van der Waals surface area contributed by atoms with Crippen molar-refractivity contribution in [2.75, 3.05) is 0 Å². The molecule has 0 N–H and O–H groups in total. The second-order valence-corrected chi connectivity index (χ2v) is 11.7. The first-order chi connectivity index (χ1) is 23.4. The van der Waals surface area contributed by atoms with E-state index in [-0.39, 0.29) is 22.5 Å². The third kappa shape index (κ3) is 7.74. The first-order valence-electron chi connectivity index (χ1n) is 13.6. The van der Waals surface area contributed by atoms with Gasteiger partial charge >= 0.3 is 7.12 Å². The van der Waals surface area contributed by atoms with E-state index >= 15 is 0 Å². The van der Waals surface area contributed by atoms with Gasteiger partial charge in [0.05, 0.1) is 21.2 Å². The van der Waals surface area contributed by atoms with E-state index in [4.69, 9.17) is 30.4 Å². The summed E-state index contributed by atoms with van der Waals surface area (Å²) >= 11 is 2.30. The number of hydrogen-bond acceptors (Lipinski definition) is 8. The SMILES string of the molecule is CC1(C)OB(c2ccc(C#N)nc2)OC1(C)C.N#Cc1c(F)c(F)c(Br)c(F)c1F.N#Cc1ccc(-c2c(F)c(F)c(C#N)c(F)c2F)cn1. The maximum absolute atomic E-state index is 13.7. The van der Waals surface area contributed by atoms with Crippen LogP contribution in [-0.4, -0.2) is 28.3 Å². The molecule has 0 atom stereocenters. The molecule has 0 saturated carbocycles. The van der Waals surface area contributed by atoms with Gasteiger partial charge in [-0.15, -0.1) is 0 Å². The molecule has 4 aromatic rings. The number of pyridine rings is 2. The minimum Gasteiger partial charge on any atom is -0.399 e. The fraction of sp³-hybridized carbons (Fsp3) is 0.188. The minimum absolute atomic E-state index is 0.0239. The van der Waals surface area contributed by atoms with Crippen LogP contribution in [0.5, 0.6) is 0 Å². The molecule has 18 heteroatoms. The minimum atomic E-state index is -1.77. The van der Waals surface area contributed by atoms with Crippen LogP contribution in [0.25, 0.3) is 11.1 Å². The molecule has 2 aromatic carbocycles. The van der Waals surface area contributed by atoms with Gasteiger partial charge in [0.25, 0.3) is 0 Å². The zero-order chi connectivity index (χ0) is 37.7. The van der Waals surface area contributed by atoms with Crippen LogP contribution >= 0.6 is 15.9 Å². The van der Waals surface area contributed by atoms with Crippen LogP contribution in [-0.2, 0) is 9.31 Å². The van der Waals surface area contributed by atoms with Gasteiger partial charge in [0.15, 0.2) is 46.5 Å². The highest BCUT2D eigenvalue weighted by Crippen LogP contribution is 2.36. The Morgan fingerprint density at radius 1 is 0.580 bits per heavy atom. The van der Waals surface area contributed by atoms with Gasteiger partial charge in [0.2, 0.25) is 0 Å². The molecule has 0 aliphatic carbocycles. The lowest BCUT2D eigenvalue weighted by molar-refractivity contribution is 0.00578. The summed E-state index contributed by atoms with van der Waals surface area (Å²) < 4.78 is 116. The zero-order valence-electron chi connectivity index (χ0n) is 25.9. The van der Waals surface area contributed by atoms with E-state index in [9.17, 15) is 35.1 Å². The van der Waals surface area contributed by atoms with E-state index in [0.29, 0.717) is 5.69 Å². The summed E-state index contributed by atoms with van der Waals surface area (Å²) in [5, 5.41) is 33.9. The predicted octanol–water partition coefficient (Wildman–Crippen LogP) is 7.18. The molecule has 0 bridgehead atoms. The average Bonchev–Trinajstić information content (AvgIpc) is 3.33. The van der Waals surface area contributed by atoms with Gasteiger partial charge in [-0.3, -0.25) is 0 Å². The van der Waals surface area contributed by atoms with Gasteiger partial charge < -0.3 is 9.31 Å². The largest absolute Gasteiger partial charge is 0.496 e. The molecule has 8 nitrogen and oxygen atoms in total. The van der Waals surface area contributed by atoms with Crippen LogP contribution in [0, 0.1) is 91.9 Å². The Labute approximate surface area is 288 Å². The van der Waals surface area contributed by atoms with E-state index in [1.165, 1.54) is 0 Å². The van der Waals surface area contributed by atoms with Crippen molar-refractivity contribution in [2.24, 2.45) is 0 Å². The maximum Gasteiger partial charge on any atom is 0.496 e. The molecule has 1 saturated heterocycles. The molecule has 1 aliphatic heterocycles. The summed E-state index contributed by atoms with van der Waals surface area (Å²) in [6, 6.07) is 11.5. The molecule has 2 aromatic heterocycles. The van der Waals surface area contributed by atoms with Gasteiger partial charge in [0.1, 0.15) is 46.8 Å². The molecule has 3 heterocycles. The van der Waals surface area contributed by atoms with Crippen molar-refractivity contribution in [2.45, 2.75) is 38.9 Å². The van der Waals surface area contributed by atoms with Gasteiger partial charge in [-0.2, -0.15) is 21.0 Å². The smallest absolute Gasteiger partial charge is 0.399 e. The summed E-state index contributed by atoms with van der Waals surface area (Å²) in [5.74, 6) is -13.6. The normalized spacial score (nSPS) is 13.7. The number of nitrogens with zero attached hydrogens (tertiary/aromatic N) is 6. The van der Waals surface area contributed by atoms with Gasteiger partial charge in [-0.25, -0.2) is 45.1 Å². The van der Waals surface area contributed by atoms with Gasteiger partial charge in [-0.1, -0.05) is 6.07 Å². The number of rotatable bonds is 2. The first-order valence-corrected chi connectivity index (χ1v) is 14.4. The van der Waals surface area contributed by atoms with E-state index in [1.54, 1.807) is 18.3 Å². The van der Waals surface area contributed by atoms with Crippen molar-refractivity contribution < 1.29 is 44.4 Å². The number of hydrogen-bond donors (Lipinski definition) is 0. The molecule has 5 rings (SSSR count). The van der Waals surface area contributed by atoms with Crippen molar-refractivity contribution in [1.29, 1.82) is 21.0 Å². The summed E-state index contributed by atoms with van der Waals surface area (Å²) in [6.07, 6.45) is 2.53. The second-order valence-electron chi connectivity index (χ2n) is 10.9. The summed E-state index contributed by atoms with van der Waals surface area (Å²) in [7, 11) is -0.416. The zero-order valence-corrected chi connectivity index (χ0v) is 27.5. The van der Waals surface area contributed by atoms with Crippen LogP contribution in [0.15, 0.2) is 41.1 Å². The summed E-state index contributed by atoms with van der Waals surface area (Å²) in [4.78, 5) is 7.57. The monoisotopic (exact) mass is 760 g/mol. The Morgan fingerprint density at radius 3 is 1.32 bits per heavy atom. The lowest BCUT2D eigenvalue weighted by Gasteiger charge is -2.32. The van der Waals surface area contributed by atoms with E-state index in [2.05, 4.69) is 25.9 Å². The van der Waals surface area contributed by atoms with Crippen LogP contribution in [0.1, 0.15) is 50.2 Å². The quantitative estimate of drug-likeness (QED) is 0.0907. The molecule has 0 spiro atoms. The van der Waals surface area contributed by atoms with Crippen LogP contribution in [0.4, 0.5) is 35.1 Å². The highest BCUT2D eigenvalue weighted by Gasteiger charge is 2.51. The first kappa shape index (κ1) is 39.0. The Bertz CT molecular complexity index is 2050. The molecule has 0 unspecified atom stereocenters. The Hall–Kier alpha value is -5.40. The second kappa shape index (κ2) is 15.4. The molecule has 0 amide bonds. The van der Waals surface area contributed by atoms with E-state index < -0.39 is 74.8 Å². The van der Waals surface area contributed by atoms with Crippen molar-refractivity contribution >= 4 is 28.5 Å². The average molecular weight is 761 g/mol. The molecule has 0 radical (unpaired) electrons. The van der Waals surface area contributed by atoms with E-state index in [1.807, 2.05) is 39.8 Å². The third-order valence-electron chi connectivity index (χ3n) is 7.29. The number of halogens is 9. The predicted molar refractivity (Wildman–Crippen MR) is 162 cm³/mol. The van der Waals surface area contributed by atoms with Crippen LogP contribution in [0.2, 0.25) is 0 Å². The van der Waals surface area contributed by atoms with Gasteiger partial charge in [0, 0.05) is 23.4 Å². The number of benzene rings is 2. The van der Waals surface area contributed by atoms with Crippen LogP contribution in [0.3, 0.4) is 0 Å². The highest BCUT2D eigenvalue weighted by molar-refractivity contribution is 9.10. The van der Waals surface area contributed by atoms with Gasteiger partial charge in [-0.05, 0) is 61.8 Å². The summed E-state index contributed by atoms with van der Waals surface area (Å²) in [6.45, 7) is 8.02. The van der Waals surface area contributed by atoms with Crippen molar-refractivity contribution in [3.63, 3.8) is 0 Å². The molecule has 1 fully saturated rings. The summed E-state index contributed by atoms with van der Waals surface area (Å²) in [5.41, 5.74) is -3.32. The molecule has 254 valence electrons. The lowest BCUT2D eigenvalue weighted by Crippen LogP contribution is -2.41. The topological polar surface area (TPSA) is 139 Å². The van der Waals surface area contributed by atoms with Crippen molar-refractivity contribution in [3.8, 4) is 35.4 Å². The van der Waals surface area contributed by atoms with E-state index in [0.717, 1.165) is 35.9 Å².